The molecule has 0 amide bonds. The molecular weight excluding hydrogens is 325 g/mol. The van der Waals surface area contributed by atoms with Crippen LogP contribution in [0.4, 0.5) is 0 Å². The van der Waals surface area contributed by atoms with Gasteiger partial charge in [-0.05, 0) is 71.3 Å². The average Bonchev–Trinajstić information content (AvgIpc) is 2.81. The molecule has 26 heavy (non-hydrogen) atoms. The van der Waals surface area contributed by atoms with Gasteiger partial charge in [0.15, 0.2) is 0 Å². The van der Waals surface area contributed by atoms with E-state index in [1.807, 2.05) is 18.3 Å². The van der Waals surface area contributed by atoms with Crippen LogP contribution in [0.1, 0.15) is 72.9 Å². The van der Waals surface area contributed by atoms with E-state index >= 15 is 0 Å². The number of ether oxygens (including phenoxy) is 1. The monoisotopic (exact) mass is 359 g/mol. The molecule has 1 aliphatic carbocycles. The Morgan fingerprint density at radius 1 is 1.12 bits per heavy atom. The molecule has 0 aromatic carbocycles. The summed E-state index contributed by atoms with van der Waals surface area (Å²) < 4.78 is 18.6. The van der Waals surface area contributed by atoms with Gasteiger partial charge in [0.1, 0.15) is 0 Å². The molecule has 0 spiro atoms. The van der Waals surface area contributed by atoms with E-state index in [-0.39, 0.29) is 18.3 Å². The van der Waals surface area contributed by atoms with Crippen LogP contribution in [0.15, 0.2) is 18.3 Å². The lowest BCUT2D eigenvalue weighted by Gasteiger charge is -2.32. The molecule has 0 N–H and O–H groups in total. The van der Waals surface area contributed by atoms with Crippen LogP contribution in [0, 0.1) is 11.8 Å². The molecule has 0 bridgehead atoms. The quantitative estimate of drug-likeness (QED) is 0.742. The second-order valence-corrected chi connectivity index (χ2v) is 9.22. The first kappa shape index (κ1) is 19.8. The van der Waals surface area contributed by atoms with Crippen LogP contribution in [-0.4, -0.2) is 29.4 Å². The minimum atomic E-state index is -0.385. The Morgan fingerprint density at radius 2 is 1.73 bits per heavy atom. The van der Waals surface area contributed by atoms with Crippen molar-refractivity contribution < 1.29 is 14.0 Å². The van der Waals surface area contributed by atoms with Crippen LogP contribution in [0.5, 0.6) is 0 Å². The van der Waals surface area contributed by atoms with Crippen molar-refractivity contribution in [2.75, 3.05) is 0 Å². The molecule has 0 atom stereocenters. The third-order valence-corrected chi connectivity index (χ3v) is 6.55. The molecule has 2 heterocycles. The Labute approximate surface area is 159 Å². The van der Waals surface area contributed by atoms with Crippen molar-refractivity contribution in [2.45, 2.75) is 91.1 Å². The maximum atomic E-state index is 6.23. The Kier molecular flexibility index (Phi) is 5.81. The van der Waals surface area contributed by atoms with Crippen molar-refractivity contribution in [1.29, 1.82) is 0 Å². The van der Waals surface area contributed by atoms with E-state index in [2.05, 4.69) is 46.5 Å². The number of hydrogen-bond donors (Lipinski definition) is 0. The third kappa shape index (κ3) is 4.15. The van der Waals surface area contributed by atoms with Gasteiger partial charge < -0.3 is 14.0 Å². The molecule has 3 rings (SSSR count). The fraction of sp³-hybridized carbons (Fsp3) is 0.762. The lowest BCUT2D eigenvalue weighted by atomic mass is 9.78. The SMILES string of the molecule is CC(C)C1CCC(OCc2ncccc2B2OC(C)(C)C(C)(C)O2)CC1. The molecule has 144 valence electrons. The number of pyridine rings is 1. The highest BCUT2D eigenvalue weighted by Gasteiger charge is 2.52. The zero-order valence-electron chi connectivity index (χ0n) is 17.2. The summed E-state index contributed by atoms with van der Waals surface area (Å²) in [6.07, 6.45) is 7.02. The summed E-state index contributed by atoms with van der Waals surface area (Å²) in [6.45, 7) is 13.5. The van der Waals surface area contributed by atoms with E-state index < -0.39 is 0 Å². The Hall–Kier alpha value is -0.905. The summed E-state index contributed by atoms with van der Waals surface area (Å²) in [5.41, 5.74) is 1.22. The lowest BCUT2D eigenvalue weighted by molar-refractivity contribution is 0.00143. The van der Waals surface area contributed by atoms with Crippen LogP contribution in [-0.2, 0) is 20.7 Å². The van der Waals surface area contributed by atoms with Gasteiger partial charge in [0.05, 0.1) is 29.6 Å². The summed E-state index contributed by atoms with van der Waals surface area (Å²) in [5, 5.41) is 0. The van der Waals surface area contributed by atoms with E-state index in [1.165, 1.54) is 12.8 Å². The fourth-order valence-corrected chi connectivity index (χ4v) is 3.87. The van der Waals surface area contributed by atoms with Crippen LogP contribution >= 0.6 is 0 Å². The summed E-state index contributed by atoms with van der Waals surface area (Å²) >= 11 is 0. The summed E-state index contributed by atoms with van der Waals surface area (Å²) in [5.74, 6) is 1.63. The number of rotatable bonds is 5. The average molecular weight is 359 g/mol. The first-order valence-electron chi connectivity index (χ1n) is 10.1. The van der Waals surface area contributed by atoms with Crippen molar-refractivity contribution in [1.82, 2.24) is 4.98 Å². The standard InChI is InChI=1S/C21H34BNO3/c1-15(2)16-9-11-17(12-10-16)24-14-19-18(8-7-13-23-19)22-25-20(3,4)21(5,6)26-22/h7-8,13,15-17H,9-12,14H2,1-6H3. The molecular formula is C21H34BNO3. The van der Waals surface area contributed by atoms with Gasteiger partial charge in [0, 0.05) is 11.7 Å². The minimum absolute atomic E-state index is 0.346. The summed E-state index contributed by atoms with van der Waals surface area (Å²) in [7, 11) is -0.385. The minimum Gasteiger partial charge on any atom is -0.399 e. The van der Waals surface area contributed by atoms with E-state index in [0.29, 0.717) is 12.7 Å². The number of hydrogen-bond acceptors (Lipinski definition) is 4. The fourth-order valence-electron chi connectivity index (χ4n) is 3.87. The Bertz CT molecular complexity index is 593. The zero-order valence-corrected chi connectivity index (χ0v) is 17.2. The van der Waals surface area contributed by atoms with Crippen molar-refractivity contribution in [3.8, 4) is 0 Å². The molecule has 1 saturated heterocycles. The molecule has 5 heteroatoms. The van der Waals surface area contributed by atoms with E-state index in [9.17, 15) is 0 Å². The summed E-state index contributed by atoms with van der Waals surface area (Å²) in [6, 6.07) is 3.99. The Morgan fingerprint density at radius 3 is 2.31 bits per heavy atom. The van der Waals surface area contributed by atoms with Gasteiger partial charge in [0.25, 0.3) is 0 Å². The topological polar surface area (TPSA) is 40.6 Å². The van der Waals surface area contributed by atoms with Gasteiger partial charge in [-0.25, -0.2) is 0 Å². The molecule has 2 aliphatic rings. The van der Waals surface area contributed by atoms with Crippen molar-refractivity contribution in [3.05, 3.63) is 24.0 Å². The van der Waals surface area contributed by atoms with Gasteiger partial charge in [-0.15, -0.1) is 0 Å². The molecule has 2 fully saturated rings. The van der Waals surface area contributed by atoms with Gasteiger partial charge >= 0.3 is 7.12 Å². The molecule has 1 aromatic heterocycles. The number of nitrogens with zero attached hydrogens (tertiary/aromatic N) is 1. The normalized spacial score (nSPS) is 27.9. The first-order chi connectivity index (χ1) is 12.2. The molecule has 4 nitrogen and oxygen atoms in total. The molecule has 0 radical (unpaired) electrons. The Balaban J connectivity index is 1.62. The lowest BCUT2D eigenvalue weighted by Crippen LogP contribution is -2.41. The van der Waals surface area contributed by atoms with E-state index in [0.717, 1.165) is 35.8 Å². The zero-order chi connectivity index (χ0) is 18.9. The highest BCUT2D eigenvalue weighted by molar-refractivity contribution is 6.62. The van der Waals surface area contributed by atoms with Crippen LogP contribution < -0.4 is 5.46 Å². The van der Waals surface area contributed by atoms with Gasteiger partial charge in [-0.3, -0.25) is 4.98 Å². The molecule has 1 saturated carbocycles. The van der Waals surface area contributed by atoms with Crippen LogP contribution in [0.3, 0.4) is 0 Å². The highest BCUT2D eigenvalue weighted by Crippen LogP contribution is 2.37. The highest BCUT2D eigenvalue weighted by atomic mass is 16.7. The maximum absolute atomic E-state index is 6.23. The summed E-state index contributed by atoms with van der Waals surface area (Å²) in [4.78, 5) is 4.56. The smallest absolute Gasteiger partial charge is 0.399 e. The molecule has 0 unspecified atom stereocenters. The molecule has 1 aliphatic heterocycles. The maximum Gasteiger partial charge on any atom is 0.496 e. The van der Waals surface area contributed by atoms with Gasteiger partial charge in [-0.2, -0.15) is 0 Å². The molecule has 1 aromatic rings. The second-order valence-electron chi connectivity index (χ2n) is 9.22. The van der Waals surface area contributed by atoms with Crippen molar-refractivity contribution in [2.24, 2.45) is 11.8 Å². The van der Waals surface area contributed by atoms with Crippen LogP contribution in [0.2, 0.25) is 0 Å². The van der Waals surface area contributed by atoms with E-state index in [4.69, 9.17) is 14.0 Å². The van der Waals surface area contributed by atoms with E-state index in [1.54, 1.807) is 0 Å². The predicted octanol–water partition coefficient (Wildman–Crippen LogP) is 4.11. The van der Waals surface area contributed by atoms with Crippen molar-refractivity contribution in [3.63, 3.8) is 0 Å². The predicted molar refractivity (Wildman–Crippen MR) is 105 cm³/mol. The van der Waals surface area contributed by atoms with Gasteiger partial charge in [0.2, 0.25) is 0 Å². The van der Waals surface area contributed by atoms with Crippen molar-refractivity contribution >= 4 is 12.6 Å². The third-order valence-electron chi connectivity index (χ3n) is 6.55. The number of aromatic nitrogens is 1. The van der Waals surface area contributed by atoms with Crippen LogP contribution in [0.25, 0.3) is 0 Å². The largest absolute Gasteiger partial charge is 0.496 e. The second kappa shape index (κ2) is 7.61. The first-order valence-corrected chi connectivity index (χ1v) is 10.1. The van der Waals surface area contributed by atoms with Gasteiger partial charge in [-0.1, -0.05) is 19.9 Å².